The normalized spacial score (nSPS) is 14.7. The van der Waals surface area contributed by atoms with E-state index in [9.17, 15) is 10.1 Å². The number of nitrogens with zero attached hydrogens (tertiary/aromatic N) is 1. The van der Waals surface area contributed by atoms with Gasteiger partial charge in [0.15, 0.2) is 0 Å². The van der Waals surface area contributed by atoms with Gasteiger partial charge in [-0.05, 0) is 41.2 Å². The zero-order valence-electron chi connectivity index (χ0n) is 17.5. The maximum absolute atomic E-state index is 13.0. The van der Waals surface area contributed by atoms with Crippen molar-refractivity contribution in [2.24, 2.45) is 0 Å². The second kappa shape index (κ2) is 9.59. The van der Waals surface area contributed by atoms with Gasteiger partial charge >= 0.3 is 5.97 Å². The van der Waals surface area contributed by atoms with E-state index in [0.717, 1.165) is 47.9 Å². The SMILES string of the molecule is N#Cc1cc(CNC2(C(=O)OCc3ccccc3)CCCC2)ccc1-c1ccccc1. The Kier molecular flexibility index (Phi) is 6.45. The lowest BCUT2D eigenvalue weighted by molar-refractivity contribution is -0.153. The zero-order valence-corrected chi connectivity index (χ0v) is 17.5. The summed E-state index contributed by atoms with van der Waals surface area (Å²) in [4.78, 5) is 13.0. The number of esters is 1. The number of nitrogens with one attached hydrogen (secondary N) is 1. The average molecular weight is 411 g/mol. The predicted octanol–water partition coefficient (Wildman–Crippen LogP) is 5.37. The highest BCUT2D eigenvalue weighted by Gasteiger charge is 2.42. The van der Waals surface area contributed by atoms with E-state index < -0.39 is 5.54 Å². The molecule has 4 heteroatoms. The molecule has 1 aliphatic carbocycles. The van der Waals surface area contributed by atoms with Crippen molar-refractivity contribution in [2.45, 2.75) is 44.4 Å². The largest absolute Gasteiger partial charge is 0.459 e. The fourth-order valence-corrected chi connectivity index (χ4v) is 4.23. The third-order valence-electron chi connectivity index (χ3n) is 5.98. The van der Waals surface area contributed by atoms with Crippen LogP contribution in [0.15, 0.2) is 78.9 Å². The molecule has 4 nitrogen and oxygen atoms in total. The van der Waals surface area contributed by atoms with Gasteiger partial charge in [0.1, 0.15) is 12.1 Å². The van der Waals surface area contributed by atoms with Gasteiger partial charge in [-0.1, -0.05) is 85.6 Å². The lowest BCUT2D eigenvalue weighted by atomic mass is 9.95. The van der Waals surface area contributed by atoms with Crippen LogP contribution in [0, 0.1) is 11.3 Å². The number of hydrogen-bond donors (Lipinski definition) is 1. The summed E-state index contributed by atoms with van der Waals surface area (Å²) < 4.78 is 5.67. The molecule has 31 heavy (non-hydrogen) atoms. The van der Waals surface area contributed by atoms with Crippen LogP contribution < -0.4 is 5.32 Å². The lowest BCUT2D eigenvalue weighted by Crippen LogP contribution is -2.50. The Morgan fingerprint density at radius 3 is 2.29 bits per heavy atom. The predicted molar refractivity (Wildman–Crippen MR) is 121 cm³/mol. The molecule has 156 valence electrons. The van der Waals surface area contributed by atoms with Gasteiger partial charge in [0.05, 0.1) is 11.6 Å². The maximum Gasteiger partial charge on any atom is 0.326 e. The second-order valence-corrected chi connectivity index (χ2v) is 8.06. The zero-order chi connectivity index (χ0) is 21.5. The molecule has 4 rings (SSSR count). The summed E-state index contributed by atoms with van der Waals surface area (Å²) in [7, 11) is 0. The number of hydrogen-bond acceptors (Lipinski definition) is 4. The minimum absolute atomic E-state index is 0.185. The molecule has 0 bridgehead atoms. The molecule has 0 saturated heterocycles. The van der Waals surface area contributed by atoms with Crippen LogP contribution in [0.4, 0.5) is 0 Å². The third-order valence-corrected chi connectivity index (χ3v) is 5.98. The average Bonchev–Trinajstić information content (AvgIpc) is 3.32. The minimum atomic E-state index is -0.653. The number of rotatable bonds is 7. The molecular formula is C27H26N2O2. The molecule has 0 aliphatic heterocycles. The minimum Gasteiger partial charge on any atom is -0.459 e. The quantitative estimate of drug-likeness (QED) is 0.532. The summed E-state index contributed by atoms with van der Waals surface area (Å²) in [5, 5.41) is 13.1. The highest BCUT2D eigenvalue weighted by atomic mass is 16.5. The number of carbonyl (C=O) groups is 1. The van der Waals surface area contributed by atoms with Crippen molar-refractivity contribution < 1.29 is 9.53 Å². The molecule has 1 N–H and O–H groups in total. The van der Waals surface area contributed by atoms with E-state index >= 15 is 0 Å². The van der Waals surface area contributed by atoms with E-state index in [-0.39, 0.29) is 12.6 Å². The van der Waals surface area contributed by atoms with Crippen molar-refractivity contribution in [3.05, 3.63) is 95.6 Å². The van der Waals surface area contributed by atoms with Gasteiger partial charge in [-0.3, -0.25) is 10.1 Å². The van der Waals surface area contributed by atoms with Crippen LogP contribution in [0.2, 0.25) is 0 Å². The number of carbonyl (C=O) groups excluding carboxylic acids is 1. The Balaban J connectivity index is 1.45. The second-order valence-electron chi connectivity index (χ2n) is 8.06. The van der Waals surface area contributed by atoms with Crippen LogP contribution in [0.1, 0.15) is 42.4 Å². The topological polar surface area (TPSA) is 62.1 Å². The van der Waals surface area contributed by atoms with Crippen molar-refractivity contribution >= 4 is 5.97 Å². The third kappa shape index (κ3) is 4.84. The molecule has 0 radical (unpaired) electrons. The van der Waals surface area contributed by atoms with E-state index in [1.54, 1.807) is 0 Å². The fourth-order valence-electron chi connectivity index (χ4n) is 4.23. The standard InChI is InChI=1S/C27H26N2O2/c28-18-24-17-22(13-14-25(24)23-11-5-2-6-12-23)19-29-27(15-7-8-16-27)26(30)31-20-21-9-3-1-4-10-21/h1-6,9-14,17,29H,7-8,15-16,19-20H2. The summed E-state index contributed by atoms with van der Waals surface area (Å²) in [5.74, 6) is -0.185. The Bertz CT molecular complexity index is 1070. The van der Waals surface area contributed by atoms with Gasteiger partial charge in [-0.15, -0.1) is 0 Å². The Morgan fingerprint density at radius 1 is 0.935 bits per heavy atom. The lowest BCUT2D eigenvalue weighted by Gasteiger charge is -2.28. The number of benzene rings is 3. The van der Waals surface area contributed by atoms with Gasteiger partial charge in [-0.2, -0.15) is 5.26 Å². The Morgan fingerprint density at radius 2 is 1.61 bits per heavy atom. The summed E-state index contributed by atoms with van der Waals surface area (Å²) in [6, 6.07) is 27.9. The van der Waals surface area contributed by atoms with Gasteiger partial charge in [0.25, 0.3) is 0 Å². The van der Waals surface area contributed by atoms with Gasteiger partial charge < -0.3 is 4.74 Å². The maximum atomic E-state index is 13.0. The Labute approximate surface area is 183 Å². The fraction of sp³-hybridized carbons (Fsp3) is 0.259. The van der Waals surface area contributed by atoms with E-state index in [1.165, 1.54) is 0 Å². The summed E-state index contributed by atoms with van der Waals surface area (Å²) in [6.45, 7) is 0.803. The van der Waals surface area contributed by atoms with Gasteiger partial charge in [0.2, 0.25) is 0 Å². The van der Waals surface area contributed by atoms with Crippen LogP contribution in [-0.2, 0) is 22.7 Å². The molecule has 3 aromatic carbocycles. The number of ether oxygens (including phenoxy) is 1. The Hall–Kier alpha value is -3.42. The van der Waals surface area contributed by atoms with Crippen LogP contribution in [0.25, 0.3) is 11.1 Å². The molecule has 0 atom stereocenters. The first-order valence-electron chi connectivity index (χ1n) is 10.7. The molecule has 0 amide bonds. The molecule has 0 spiro atoms. The monoisotopic (exact) mass is 410 g/mol. The molecule has 1 fully saturated rings. The summed E-state index contributed by atoms with van der Waals surface area (Å²) in [5.41, 5.74) is 3.90. The highest BCUT2D eigenvalue weighted by molar-refractivity contribution is 5.81. The summed E-state index contributed by atoms with van der Waals surface area (Å²) >= 11 is 0. The number of nitriles is 1. The smallest absolute Gasteiger partial charge is 0.326 e. The van der Waals surface area contributed by atoms with E-state index in [2.05, 4.69) is 11.4 Å². The van der Waals surface area contributed by atoms with Crippen molar-refractivity contribution in [3.8, 4) is 17.2 Å². The molecule has 3 aromatic rings. The first-order valence-corrected chi connectivity index (χ1v) is 10.7. The molecule has 0 unspecified atom stereocenters. The molecule has 0 heterocycles. The van der Waals surface area contributed by atoms with Crippen LogP contribution in [0.3, 0.4) is 0 Å². The van der Waals surface area contributed by atoms with E-state index in [4.69, 9.17) is 4.74 Å². The van der Waals surface area contributed by atoms with Crippen LogP contribution in [0.5, 0.6) is 0 Å². The van der Waals surface area contributed by atoms with Crippen LogP contribution >= 0.6 is 0 Å². The van der Waals surface area contributed by atoms with Crippen molar-refractivity contribution in [2.75, 3.05) is 0 Å². The highest BCUT2D eigenvalue weighted by Crippen LogP contribution is 2.32. The van der Waals surface area contributed by atoms with Crippen molar-refractivity contribution in [1.82, 2.24) is 5.32 Å². The summed E-state index contributed by atoms with van der Waals surface area (Å²) in [6.07, 6.45) is 3.55. The molecule has 0 aromatic heterocycles. The first-order chi connectivity index (χ1) is 15.2. The van der Waals surface area contributed by atoms with Crippen molar-refractivity contribution in [1.29, 1.82) is 5.26 Å². The van der Waals surface area contributed by atoms with Gasteiger partial charge in [-0.25, -0.2) is 0 Å². The first kappa shape index (κ1) is 20.8. The van der Waals surface area contributed by atoms with Crippen molar-refractivity contribution in [3.63, 3.8) is 0 Å². The molecular weight excluding hydrogens is 384 g/mol. The molecule has 1 saturated carbocycles. The van der Waals surface area contributed by atoms with E-state index in [0.29, 0.717) is 12.1 Å². The molecule has 1 aliphatic rings. The van der Waals surface area contributed by atoms with E-state index in [1.807, 2.05) is 78.9 Å². The van der Waals surface area contributed by atoms with Gasteiger partial charge in [0, 0.05) is 6.54 Å². The van der Waals surface area contributed by atoms with Crippen LogP contribution in [-0.4, -0.2) is 11.5 Å².